The Morgan fingerprint density at radius 3 is 2.53 bits per heavy atom. The first-order valence-electron chi connectivity index (χ1n) is 5.82. The van der Waals surface area contributed by atoms with Gasteiger partial charge in [0, 0.05) is 5.69 Å². The van der Waals surface area contributed by atoms with E-state index in [2.05, 4.69) is 9.98 Å². The monoisotopic (exact) mass is 299 g/mol. The summed E-state index contributed by atoms with van der Waals surface area (Å²) >= 11 is 12.0. The number of halogens is 2. The van der Waals surface area contributed by atoms with Gasteiger partial charge in [-0.15, -0.1) is 0 Å². The topological polar surface area (TPSA) is 80.0 Å². The molecule has 1 unspecified atom stereocenters. The zero-order valence-corrected chi connectivity index (χ0v) is 12.2. The molecule has 0 aromatic heterocycles. The van der Waals surface area contributed by atoms with Gasteiger partial charge in [-0.05, 0) is 31.5 Å². The molecular weight excluding hydrogens is 285 g/mol. The van der Waals surface area contributed by atoms with Crippen molar-refractivity contribution < 1.29 is 0 Å². The molecule has 102 valence electrons. The van der Waals surface area contributed by atoms with E-state index in [1.54, 1.807) is 17.0 Å². The fourth-order valence-electron chi connectivity index (χ4n) is 2.01. The normalized spacial score (nSPS) is 23.1. The number of anilines is 1. The van der Waals surface area contributed by atoms with Crippen molar-refractivity contribution in [2.45, 2.75) is 25.9 Å². The predicted molar refractivity (Wildman–Crippen MR) is 80.9 cm³/mol. The lowest BCUT2D eigenvalue weighted by Crippen LogP contribution is -2.55. The molecule has 1 aromatic carbocycles. The quantitative estimate of drug-likeness (QED) is 0.881. The summed E-state index contributed by atoms with van der Waals surface area (Å²) in [6, 6.07) is 5.27. The second kappa shape index (κ2) is 4.90. The third-order valence-electron chi connectivity index (χ3n) is 3.13. The number of aliphatic imine (C=N–C) groups is 2. The van der Waals surface area contributed by atoms with Gasteiger partial charge >= 0.3 is 0 Å². The Morgan fingerprint density at radius 1 is 1.26 bits per heavy atom. The van der Waals surface area contributed by atoms with Crippen LogP contribution in [-0.4, -0.2) is 17.6 Å². The highest BCUT2D eigenvalue weighted by Crippen LogP contribution is 2.33. The molecule has 0 saturated heterocycles. The van der Waals surface area contributed by atoms with Crippen LogP contribution in [0.2, 0.25) is 10.0 Å². The Morgan fingerprint density at radius 2 is 1.95 bits per heavy atom. The van der Waals surface area contributed by atoms with Gasteiger partial charge in [0.2, 0.25) is 11.9 Å². The minimum atomic E-state index is -0.590. The van der Waals surface area contributed by atoms with Gasteiger partial charge in [-0.1, -0.05) is 30.1 Å². The van der Waals surface area contributed by atoms with E-state index in [9.17, 15) is 0 Å². The molecule has 7 heteroatoms. The molecule has 1 aromatic rings. The number of nitrogens with two attached hydrogens (primary N) is 2. The van der Waals surface area contributed by atoms with Crippen molar-refractivity contribution in [3.05, 3.63) is 28.2 Å². The van der Waals surface area contributed by atoms with Crippen LogP contribution in [-0.2, 0) is 0 Å². The molecular formula is C12H15Cl2N5. The van der Waals surface area contributed by atoms with E-state index in [0.717, 1.165) is 5.69 Å². The summed E-state index contributed by atoms with van der Waals surface area (Å²) in [7, 11) is 0. The molecule has 1 heterocycles. The summed E-state index contributed by atoms with van der Waals surface area (Å²) in [6.07, 6.45) is 0.712. The minimum Gasteiger partial charge on any atom is -0.369 e. The maximum Gasteiger partial charge on any atom is 0.220 e. The summed E-state index contributed by atoms with van der Waals surface area (Å²) in [5.41, 5.74) is 11.8. The van der Waals surface area contributed by atoms with Crippen molar-refractivity contribution in [2.75, 3.05) is 4.90 Å². The number of nitrogens with zero attached hydrogens (tertiary/aromatic N) is 3. The number of rotatable bonds is 2. The van der Waals surface area contributed by atoms with E-state index in [0.29, 0.717) is 16.5 Å². The molecule has 1 aliphatic heterocycles. The smallest absolute Gasteiger partial charge is 0.220 e. The fraction of sp³-hybridized carbons (Fsp3) is 0.333. The minimum absolute atomic E-state index is 0.179. The molecule has 1 atom stereocenters. The van der Waals surface area contributed by atoms with Crippen LogP contribution in [0.3, 0.4) is 0 Å². The maximum absolute atomic E-state index is 6.05. The van der Waals surface area contributed by atoms with E-state index in [1.807, 2.05) is 19.9 Å². The zero-order valence-electron chi connectivity index (χ0n) is 10.7. The van der Waals surface area contributed by atoms with Crippen LogP contribution >= 0.6 is 23.2 Å². The second-order valence-corrected chi connectivity index (χ2v) is 5.26. The van der Waals surface area contributed by atoms with Crippen molar-refractivity contribution in [1.29, 1.82) is 0 Å². The second-order valence-electron chi connectivity index (χ2n) is 4.44. The molecule has 0 saturated carbocycles. The van der Waals surface area contributed by atoms with Crippen LogP contribution in [0.15, 0.2) is 28.2 Å². The van der Waals surface area contributed by atoms with Crippen molar-refractivity contribution in [2.24, 2.45) is 21.5 Å². The molecule has 4 N–H and O–H groups in total. The van der Waals surface area contributed by atoms with Gasteiger partial charge in [0.05, 0.1) is 10.0 Å². The Kier molecular flexibility index (Phi) is 3.60. The summed E-state index contributed by atoms with van der Waals surface area (Å²) in [5.74, 6) is 0.466. The molecule has 0 fully saturated rings. The van der Waals surface area contributed by atoms with Gasteiger partial charge < -0.3 is 11.5 Å². The lowest BCUT2D eigenvalue weighted by molar-refractivity contribution is 0.466. The largest absolute Gasteiger partial charge is 0.369 e. The molecule has 5 nitrogen and oxygen atoms in total. The predicted octanol–water partition coefficient (Wildman–Crippen LogP) is 2.57. The molecule has 19 heavy (non-hydrogen) atoms. The van der Waals surface area contributed by atoms with E-state index < -0.39 is 5.66 Å². The first kappa shape index (κ1) is 14.0. The van der Waals surface area contributed by atoms with E-state index in [4.69, 9.17) is 34.7 Å². The van der Waals surface area contributed by atoms with E-state index in [-0.39, 0.29) is 11.9 Å². The lowest BCUT2D eigenvalue weighted by Gasteiger charge is -2.40. The number of guanidine groups is 2. The average molecular weight is 300 g/mol. The van der Waals surface area contributed by atoms with Crippen LogP contribution in [0, 0.1) is 0 Å². The molecule has 0 aliphatic carbocycles. The highest BCUT2D eigenvalue weighted by molar-refractivity contribution is 6.42. The van der Waals surface area contributed by atoms with Crippen molar-refractivity contribution in [3.8, 4) is 0 Å². The summed E-state index contributed by atoms with van der Waals surface area (Å²) in [4.78, 5) is 10.2. The zero-order chi connectivity index (χ0) is 14.2. The van der Waals surface area contributed by atoms with Gasteiger partial charge in [0.25, 0.3) is 0 Å². The third-order valence-corrected chi connectivity index (χ3v) is 3.87. The molecule has 0 bridgehead atoms. The van der Waals surface area contributed by atoms with Crippen LogP contribution in [0.5, 0.6) is 0 Å². The molecule has 2 rings (SSSR count). The first-order valence-corrected chi connectivity index (χ1v) is 6.58. The highest BCUT2D eigenvalue weighted by Gasteiger charge is 2.35. The van der Waals surface area contributed by atoms with Crippen molar-refractivity contribution >= 4 is 40.8 Å². The van der Waals surface area contributed by atoms with Crippen LogP contribution < -0.4 is 16.4 Å². The molecule has 0 radical (unpaired) electrons. The van der Waals surface area contributed by atoms with E-state index in [1.165, 1.54) is 0 Å². The summed E-state index contributed by atoms with van der Waals surface area (Å²) in [5, 5.41) is 0.937. The Hall–Kier alpha value is -1.46. The van der Waals surface area contributed by atoms with E-state index >= 15 is 0 Å². The lowest BCUT2D eigenvalue weighted by atomic mass is 10.1. The number of hydrogen-bond donors (Lipinski definition) is 2. The van der Waals surface area contributed by atoms with Gasteiger partial charge in [-0.3, -0.25) is 4.90 Å². The molecule has 0 amide bonds. The van der Waals surface area contributed by atoms with Crippen LogP contribution in [0.25, 0.3) is 0 Å². The highest BCUT2D eigenvalue weighted by atomic mass is 35.5. The van der Waals surface area contributed by atoms with Gasteiger partial charge in [-0.2, -0.15) is 4.99 Å². The third kappa shape index (κ3) is 2.48. The first-order chi connectivity index (χ1) is 8.87. The van der Waals surface area contributed by atoms with Gasteiger partial charge in [0.15, 0.2) is 0 Å². The van der Waals surface area contributed by atoms with Gasteiger partial charge in [0.1, 0.15) is 5.66 Å². The number of hydrogen-bond acceptors (Lipinski definition) is 5. The summed E-state index contributed by atoms with van der Waals surface area (Å²) < 4.78 is 0. The maximum atomic E-state index is 6.05. The Bertz CT molecular complexity index is 569. The molecule has 1 aliphatic rings. The molecule has 0 spiro atoms. The van der Waals surface area contributed by atoms with Gasteiger partial charge in [-0.25, -0.2) is 4.99 Å². The number of benzene rings is 1. The van der Waals surface area contributed by atoms with Crippen LogP contribution in [0.4, 0.5) is 5.69 Å². The fourth-order valence-corrected chi connectivity index (χ4v) is 2.30. The Balaban J connectivity index is 2.52. The summed E-state index contributed by atoms with van der Waals surface area (Å²) in [6.45, 7) is 3.93. The Labute approximate surface area is 121 Å². The standard InChI is InChI=1S/C12H15Cl2N5/c1-3-12(2)18-10(15)17-11(16)19(12)7-4-5-8(13)9(14)6-7/h4-6H,3H2,1-2H3,(H4,15,16,17,18). The van der Waals surface area contributed by atoms with Crippen molar-refractivity contribution in [3.63, 3.8) is 0 Å². The SMILES string of the molecule is CCC1(C)N=C(N)N=C(N)N1c1ccc(Cl)c(Cl)c1. The average Bonchev–Trinajstić information content (AvgIpc) is 2.32. The van der Waals surface area contributed by atoms with Crippen LogP contribution in [0.1, 0.15) is 20.3 Å². The van der Waals surface area contributed by atoms with Crippen molar-refractivity contribution in [1.82, 2.24) is 0 Å².